The van der Waals surface area contributed by atoms with Crippen molar-refractivity contribution in [3.8, 4) is 5.75 Å². The first kappa shape index (κ1) is 18.3. The van der Waals surface area contributed by atoms with Crippen LogP contribution in [-0.4, -0.2) is 36.9 Å². The first-order valence-electron chi connectivity index (χ1n) is 7.47. The highest BCUT2D eigenvalue weighted by atomic mass is 35.5. The molecule has 1 rings (SSSR count). The van der Waals surface area contributed by atoms with Gasteiger partial charge < -0.3 is 15.0 Å². The molecule has 0 atom stereocenters. The molecular weight excluding hydrogens is 304 g/mol. The van der Waals surface area contributed by atoms with Gasteiger partial charge in [-0.25, -0.2) is 0 Å². The molecule has 2 amide bonds. The van der Waals surface area contributed by atoms with Crippen LogP contribution in [0.5, 0.6) is 5.75 Å². The van der Waals surface area contributed by atoms with Crippen molar-refractivity contribution in [3.05, 3.63) is 23.2 Å². The highest BCUT2D eigenvalue weighted by molar-refractivity contribution is 6.40. The number of anilines is 1. The quantitative estimate of drug-likeness (QED) is 0.782. The van der Waals surface area contributed by atoms with E-state index in [1.54, 1.807) is 23.1 Å². The van der Waals surface area contributed by atoms with Crippen LogP contribution < -0.4 is 10.1 Å². The van der Waals surface area contributed by atoms with E-state index < -0.39 is 11.8 Å². The van der Waals surface area contributed by atoms with E-state index in [0.717, 1.165) is 19.3 Å². The lowest BCUT2D eigenvalue weighted by molar-refractivity contribution is -0.143. The fraction of sp³-hybridized carbons (Fsp3) is 0.500. The van der Waals surface area contributed by atoms with Crippen molar-refractivity contribution in [1.29, 1.82) is 0 Å². The minimum absolute atomic E-state index is 0.389. The Labute approximate surface area is 136 Å². The lowest BCUT2D eigenvalue weighted by Gasteiger charge is -2.21. The van der Waals surface area contributed by atoms with Crippen molar-refractivity contribution < 1.29 is 14.3 Å². The number of benzene rings is 1. The predicted octanol–water partition coefficient (Wildman–Crippen LogP) is 3.33. The second-order valence-corrected chi connectivity index (χ2v) is 5.38. The first-order chi connectivity index (χ1) is 10.5. The summed E-state index contributed by atoms with van der Waals surface area (Å²) in [6.07, 6.45) is 2.65. The van der Waals surface area contributed by atoms with Gasteiger partial charge in [0.25, 0.3) is 0 Å². The van der Waals surface area contributed by atoms with E-state index in [9.17, 15) is 9.59 Å². The normalized spacial score (nSPS) is 10.2. The molecule has 0 aliphatic carbocycles. The number of rotatable bonds is 7. The van der Waals surface area contributed by atoms with Gasteiger partial charge in [0.15, 0.2) is 0 Å². The summed E-state index contributed by atoms with van der Waals surface area (Å²) in [6.45, 7) is 5.18. The van der Waals surface area contributed by atoms with E-state index in [2.05, 4.69) is 5.32 Å². The topological polar surface area (TPSA) is 58.6 Å². The maximum absolute atomic E-state index is 12.3. The van der Waals surface area contributed by atoms with Crippen LogP contribution in [0.25, 0.3) is 0 Å². The molecule has 5 nitrogen and oxygen atoms in total. The number of hydrogen-bond acceptors (Lipinski definition) is 3. The van der Waals surface area contributed by atoms with Gasteiger partial charge in [-0.05, 0) is 31.0 Å². The Hall–Kier alpha value is -1.75. The number of amides is 2. The van der Waals surface area contributed by atoms with Gasteiger partial charge in [-0.3, -0.25) is 9.59 Å². The minimum atomic E-state index is -0.676. The highest BCUT2D eigenvalue weighted by Gasteiger charge is 2.22. The van der Waals surface area contributed by atoms with Crippen molar-refractivity contribution in [3.63, 3.8) is 0 Å². The molecule has 1 aromatic rings. The molecule has 22 heavy (non-hydrogen) atoms. The molecule has 0 bridgehead atoms. The van der Waals surface area contributed by atoms with Crippen LogP contribution in [0.4, 0.5) is 5.69 Å². The van der Waals surface area contributed by atoms with E-state index in [4.69, 9.17) is 16.3 Å². The number of nitrogens with zero attached hydrogens (tertiary/aromatic N) is 1. The zero-order valence-corrected chi connectivity index (χ0v) is 14.1. The predicted molar refractivity (Wildman–Crippen MR) is 88.4 cm³/mol. The summed E-state index contributed by atoms with van der Waals surface area (Å²) < 4.78 is 5.16. The van der Waals surface area contributed by atoms with Crippen LogP contribution >= 0.6 is 11.6 Å². The fourth-order valence-electron chi connectivity index (χ4n) is 2.03. The lowest BCUT2D eigenvalue weighted by Crippen LogP contribution is -2.40. The SMILES string of the molecule is CCCCN(CCC)C(=O)C(=O)Nc1cc(Cl)ccc1OC. The number of carbonyl (C=O) groups is 2. The van der Waals surface area contributed by atoms with Crippen LogP contribution in [0.15, 0.2) is 18.2 Å². The van der Waals surface area contributed by atoms with Gasteiger partial charge in [0.05, 0.1) is 12.8 Å². The zero-order valence-electron chi connectivity index (χ0n) is 13.3. The molecule has 0 spiro atoms. The summed E-state index contributed by atoms with van der Waals surface area (Å²) in [5.41, 5.74) is 0.389. The summed E-state index contributed by atoms with van der Waals surface area (Å²) in [5, 5.41) is 3.04. The van der Waals surface area contributed by atoms with Crippen molar-refractivity contribution >= 4 is 29.1 Å². The van der Waals surface area contributed by atoms with Gasteiger partial charge in [0.2, 0.25) is 0 Å². The molecule has 0 saturated carbocycles. The smallest absolute Gasteiger partial charge is 0.314 e. The molecule has 1 aromatic carbocycles. The molecule has 6 heteroatoms. The van der Waals surface area contributed by atoms with Crippen LogP contribution in [0.1, 0.15) is 33.1 Å². The lowest BCUT2D eigenvalue weighted by atomic mass is 10.2. The second kappa shape index (κ2) is 9.30. The third kappa shape index (κ3) is 5.22. The van der Waals surface area contributed by atoms with Crippen LogP contribution in [0.2, 0.25) is 5.02 Å². The third-order valence-corrected chi connectivity index (χ3v) is 3.40. The molecule has 0 radical (unpaired) electrons. The molecule has 0 fully saturated rings. The molecule has 0 heterocycles. The Balaban J connectivity index is 2.81. The molecule has 0 aliphatic heterocycles. The summed E-state index contributed by atoms with van der Waals surface area (Å²) in [5.74, 6) is -0.747. The summed E-state index contributed by atoms with van der Waals surface area (Å²) in [4.78, 5) is 26.0. The second-order valence-electron chi connectivity index (χ2n) is 4.94. The summed E-state index contributed by atoms with van der Waals surface area (Å²) >= 11 is 5.92. The number of methoxy groups -OCH3 is 1. The molecule has 0 aromatic heterocycles. The van der Waals surface area contributed by atoms with Crippen LogP contribution in [0, 0.1) is 0 Å². The molecule has 122 valence electrons. The molecular formula is C16H23ClN2O3. The van der Waals surface area contributed by atoms with Crippen molar-refractivity contribution in [2.45, 2.75) is 33.1 Å². The largest absolute Gasteiger partial charge is 0.495 e. The average Bonchev–Trinajstić information content (AvgIpc) is 2.51. The monoisotopic (exact) mass is 326 g/mol. The number of ether oxygens (including phenoxy) is 1. The number of carbonyl (C=O) groups excluding carboxylic acids is 2. The van der Waals surface area contributed by atoms with Crippen LogP contribution in [0.3, 0.4) is 0 Å². The molecule has 0 unspecified atom stereocenters. The minimum Gasteiger partial charge on any atom is -0.495 e. The highest BCUT2D eigenvalue weighted by Crippen LogP contribution is 2.27. The van der Waals surface area contributed by atoms with E-state index in [-0.39, 0.29) is 0 Å². The average molecular weight is 327 g/mol. The van der Waals surface area contributed by atoms with Gasteiger partial charge in [0, 0.05) is 18.1 Å². The molecule has 0 saturated heterocycles. The Morgan fingerprint density at radius 1 is 1.23 bits per heavy atom. The number of unbranched alkanes of at least 4 members (excludes halogenated alkanes) is 1. The zero-order chi connectivity index (χ0) is 16.5. The van der Waals surface area contributed by atoms with Gasteiger partial charge in [-0.1, -0.05) is 31.9 Å². The Morgan fingerprint density at radius 3 is 2.55 bits per heavy atom. The molecule has 0 aliphatic rings. The van der Waals surface area contributed by atoms with Crippen LogP contribution in [-0.2, 0) is 9.59 Å². The van der Waals surface area contributed by atoms with Gasteiger partial charge >= 0.3 is 11.8 Å². The van der Waals surface area contributed by atoms with Gasteiger partial charge in [-0.15, -0.1) is 0 Å². The maximum Gasteiger partial charge on any atom is 0.314 e. The Morgan fingerprint density at radius 2 is 1.95 bits per heavy atom. The Kier molecular flexibility index (Phi) is 7.74. The van der Waals surface area contributed by atoms with E-state index in [1.807, 2.05) is 13.8 Å². The van der Waals surface area contributed by atoms with Crippen molar-refractivity contribution in [1.82, 2.24) is 4.90 Å². The van der Waals surface area contributed by atoms with Crippen molar-refractivity contribution in [2.24, 2.45) is 0 Å². The number of halogens is 1. The number of hydrogen-bond donors (Lipinski definition) is 1. The summed E-state index contributed by atoms with van der Waals surface area (Å²) in [6, 6.07) is 4.85. The van der Waals surface area contributed by atoms with E-state index in [1.165, 1.54) is 7.11 Å². The Bertz CT molecular complexity index is 520. The van der Waals surface area contributed by atoms with E-state index >= 15 is 0 Å². The van der Waals surface area contributed by atoms with Gasteiger partial charge in [-0.2, -0.15) is 0 Å². The third-order valence-electron chi connectivity index (χ3n) is 3.17. The maximum atomic E-state index is 12.3. The fourth-order valence-corrected chi connectivity index (χ4v) is 2.20. The standard InChI is InChI=1S/C16H23ClN2O3/c1-4-6-10-19(9-5-2)16(21)15(20)18-13-11-12(17)7-8-14(13)22-3/h7-8,11H,4-6,9-10H2,1-3H3,(H,18,20). The first-order valence-corrected chi connectivity index (χ1v) is 7.85. The number of nitrogens with one attached hydrogen (secondary N) is 1. The van der Waals surface area contributed by atoms with Crippen molar-refractivity contribution in [2.75, 3.05) is 25.5 Å². The summed E-state index contributed by atoms with van der Waals surface area (Å²) in [7, 11) is 1.49. The van der Waals surface area contributed by atoms with Gasteiger partial charge in [0.1, 0.15) is 5.75 Å². The molecule has 1 N–H and O–H groups in total. The van der Waals surface area contributed by atoms with E-state index in [0.29, 0.717) is 29.5 Å².